The van der Waals surface area contributed by atoms with Crippen molar-refractivity contribution in [3.05, 3.63) is 53.6 Å². The van der Waals surface area contributed by atoms with E-state index in [-0.39, 0.29) is 11.6 Å². The lowest BCUT2D eigenvalue weighted by molar-refractivity contribution is 0.437. The van der Waals surface area contributed by atoms with Gasteiger partial charge in [-0.25, -0.2) is 4.39 Å². The van der Waals surface area contributed by atoms with Crippen LogP contribution < -0.4 is 4.74 Å². The van der Waals surface area contributed by atoms with Gasteiger partial charge in [-0.1, -0.05) is 6.07 Å². The van der Waals surface area contributed by atoms with Crippen molar-refractivity contribution in [2.75, 3.05) is 0 Å². The number of nitrogens with zero attached hydrogens (tertiary/aromatic N) is 1. The maximum atomic E-state index is 13.7. The fourth-order valence-corrected chi connectivity index (χ4v) is 1.57. The number of ether oxygens (including phenoxy) is 1. The van der Waals surface area contributed by atoms with Crippen LogP contribution in [0.2, 0.25) is 0 Å². The number of hydrogen-bond donors (Lipinski definition) is 0. The summed E-state index contributed by atoms with van der Waals surface area (Å²) < 4.78 is 19.1. The van der Waals surface area contributed by atoms with Gasteiger partial charge >= 0.3 is 0 Å². The third-order valence-corrected chi connectivity index (χ3v) is 2.64. The lowest BCUT2D eigenvalue weighted by atomic mass is 10.2. The standard InChI is InChI=1S/C13H11ClFNO/c1-9-12(3-2-6-16-9)17-13-5-4-10(8-14)7-11(13)15/h2-7H,8H2,1H3. The van der Waals surface area contributed by atoms with Crippen molar-refractivity contribution >= 4 is 11.6 Å². The Kier molecular flexibility index (Phi) is 3.59. The molecule has 0 unspecified atom stereocenters. The molecule has 1 aromatic carbocycles. The van der Waals surface area contributed by atoms with Crippen LogP contribution in [0.4, 0.5) is 4.39 Å². The molecule has 0 saturated heterocycles. The third-order valence-electron chi connectivity index (χ3n) is 2.33. The molecule has 0 bridgehead atoms. The van der Waals surface area contributed by atoms with Crippen molar-refractivity contribution in [1.29, 1.82) is 0 Å². The highest BCUT2D eigenvalue weighted by Crippen LogP contribution is 2.26. The molecule has 0 amide bonds. The van der Waals surface area contributed by atoms with E-state index in [1.54, 1.807) is 37.4 Å². The smallest absolute Gasteiger partial charge is 0.166 e. The highest BCUT2D eigenvalue weighted by molar-refractivity contribution is 6.17. The molecule has 0 aliphatic rings. The summed E-state index contributed by atoms with van der Waals surface area (Å²) in [6, 6.07) is 8.16. The molecule has 88 valence electrons. The van der Waals surface area contributed by atoms with Crippen molar-refractivity contribution < 1.29 is 9.13 Å². The quantitative estimate of drug-likeness (QED) is 0.768. The van der Waals surface area contributed by atoms with Gasteiger partial charge in [-0.2, -0.15) is 0 Å². The van der Waals surface area contributed by atoms with Crippen LogP contribution in [0, 0.1) is 12.7 Å². The predicted octanol–water partition coefficient (Wildman–Crippen LogP) is 4.06. The molecule has 0 radical (unpaired) electrons. The molecule has 0 spiro atoms. The summed E-state index contributed by atoms with van der Waals surface area (Å²) >= 11 is 5.62. The molecule has 1 aromatic heterocycles. The largest absolute Gasteiger partial charge is 0.452 e. The van der Waals surface area contributed by atoms with Gasteiger partial charge in [-0.05, 0) is 36.8 Å². The summed E-state index contributed by atoms with van der Waals surface area (Å²) in [7, 11) is 0. The van der Waals surface area contributed by atoms with E-state index in [9.17, 15) is 4.39 Å². The fourth-order valence-electron chi connectivity index (χ4n) is 1.41. The number of aryl methyl sites for hydroxylation is 1. The highest BCUT2D eigenvalue weighted by atomic mass is 35.5. The van der Waals surface area contributed by atoms with E-state index in [0.29, 0.717) is 11.4 Å². The number of aromatic nitrogens is 1. The third kappa shape index (κ3) is 2.74. The van der Waals surface area contributed by atoms with Crippen molar-refractivity contribution in [2.45, 2.75) is 12.8 Å². The van der Waals surface area contributed by atoms with E-state index in [4.69, 9.17) is 16.3 Å². The van der Waals surface area contributed by atoms with Crippen LogP contribution in [0.5, 0.6) is 11.5 Å². The highest BCUT2D eigenvalue weighted by Gasteiger charge is 2.07. The maximum Gasteiger partial charge on any atom is 0.166 e. The van der Waals surface area contributed by atoms with Gasteiger partial charge in [0.05, 0.1) is 5.69 Å². The molecule has 17 heavy (non-hydrogen) atoms. The van der Waals surface area contributed by atoms with E-state index in [1.165, 1.54) is 6.07 Å². The van der Waals surface area contributed by atoms with Crippen molar-refractivity contribution in [3.8, 4) is 11.5 Å². The molecule has 0 saturated carbocycles. The Morgan fingerprint density at radius 3 is 2.76 bits per heavy atom. The second-order valence-corrected chi connectivity index (χ2v) is 3.85. The molecule has 0 aliphatic carbocycles. The summed E-state index contributed by atoms with van der Waals surface area (Å²) in [5.41, 5.74) is 1.44. The van der Waals surface area contributed by atoms with Crippen molar-refractivity contribution in [3.63, 3.8) is 0 Å². The van der Waals surface area contributed by atoms with Crippen molar-refractivity contribution in [1.82, 2.24) is 4.98 Å². The summed E-state index contributed by atoms with van der Waals surface area (Å²) in [5, 5.41) is 0. The summed E-state index contributed by atoms with van der Waals surface area (Å²) in [5.74, 6) is 0.578. The molecule has 2 rings (SSSR count). The first-order valence-electron chi connectivity index (χ1n) is 5.14. The minimum Gasteiger partial charge on any atom is -0.452 e. The zero-order valence-electron chi connectivity index (χ0n) is 9.28. The van der Waals surface area contributed by atoms with Gasteiger partial charge in [0.2, 0.25) is 0 Å². The number of alkyl halides is 1. The minimum atomic E-state index is -0.425. The van der Waals surface area contributed by atoms with E-state index in [2.05, 4.69) is 4.98 Å². The van der Waals surface area contributed by atoms with Crippen LogP contribution in [-0.4, -0.2) is 4.98 Å². The molecular formula is C13H11ClFNO. The molecule has 0 fully saturated rings. The maximum absolute atomic E-state index is 13.7. The van der Waals surface area contributed by atoms with Gasteiger partial charge in [0.15, 0.2) is 11.6 Å². The molecule has 0 atom stereocenters. The average Bonchev–Trinajstić information content (AvgIpc) is 2.34. The first-order valence-corrected chi connectivity index (χ1v) is 5.68. The molecule has 2 aromatic rings. The van der Waals surface area contributed by atoms with Gasteiger partial charge in [0.1, 0.15) is 5.75 Å². The number of benzene rings is 1. The monoisotopic (exact) mass is 251 g/mol. The molecule has 0 aliphatic heterocycles. The number of hydrogen-bond acceptors (Lipinski definition) is 2. The normalized spacial score (nSPS) is 10.3. The van der Waals surface area contributed by atoms with Crippen molar-refractivity contribution in [2.24, 2.45) is 0 Å². The fraction of sp³-hybridized carbons (Fsp3) is 0.154. The summed E-state index contributed by atoms with van der Waals surface area (Å²) in [6.07, 6.45) is 1.66. The van der Waals surface area contributed by atoms with Crippen LogP contribution in [0.15, 0.2) is 36.5 Å². The zero-order valence-corrected chi connectivity index (χ0v) is 10.0. The molecular weight excluding hydrogens is 241 g/mol. The Bertz CT molecular complexity index is 531. The van der Waals surface area contributed by atoms with Crippen LogP contribution in [-0.2, 0) is 5.88 Å². The zero-order chi connectivity index (χ0) is 12.3. The van der Waals surface area contributed by atoms with E-state index < -0.39 is 5.82 Å². The Morgan fingerprint density at radius 1 is 1.29 bits per heavy atom. The van der Waals surface area contributed by atoms with Gasteiger partial charge < -0.3 is 4.74 Å². The molecule has 1 heterocycles. The Morgan fingerprint density at radius 2 is 2.12 bits per heavy atom. The number of rotatable bonds is 3. The molecule has 0 N–H and O–H groups in total. The number of pyridine rings is 1. The Labute approximate surface area is 104 Å². The van der Waals surface area contributed by atoms with E-state index in [0.717, 1.165) is 5.56 Å². The second kappa shape index (κ2) is 5.15. The first-order chi connectivity index (χ1) is 8.20. The van der Waals surface area contributed by atoms with Gasteiger partial charge in [-0.3, -0.25) is 4.98 Å². The van der Waals surface area contributed by atoms with Gasteiger partial charge in [0.25, 0.3) is 0 Å². The van der Waals surface area contributed by atoms with E-state index >= 15 is 0 Å². The van der Waals surface area contributed by atoms with Crippen LogP contribution in [0.25, 0.3) is 0 Å². The summed E-state index contributed by atoms with van der Waals surface area (Å²) in [4.78, 5) is 4.07. The SMILES string of the molecule is Cc1ncccc1Oc1ccc(CCl)cc1F. The first kappa shape index (κ1) is 11.9. The Hall–Kier alpha value is -1.61. The van der Waals surface area contributed by atoms with Gasteiger partial charge in [0, 0.05) is 12.1 Å². The molecule has 4 heteroatoms. The summed E-state index contributed by atoms with van der Waals surface area (Å²) in [6.45, 7) is 1.81. The average molecular weight is 252 g/mol. The Balaban J connectivity index is 2.28. The van der Waals surface area contributed by atoms with Crippen LogP contribution >= 0.6 is 11.6 Å². The number of halogens is 2. The van der Waals surface area contributed by atoms with Gasteiger partial charge in [-0.15, -0.1) is 11.6 Å². The second-order valence-electron chi connectivity index (χ2n) is 3.59. The topological polar surface area (TPSA) is 22.1 Å². The minimum absolute atomic E-state index is 0.176. The molecule has 2 nitrogen and oxygen atoms in total. The lowest BCUT2D eigenvalue weighted by Gasteiger charge is -2.09. The predicted molar refractivity (Wildman–Crippen MR) is 65.0 cm³/mol. The van der Waals surface area contributed by atoms with Crippen LogP contribution in [0.1, 0.15) is 11.3 Å². The van der Waals surface area contributed by atoms with Crippen LogP contribution in [0.3, 0.4) is 0 Å². The van der Waals surface area contributed by atoms with E-state index in [1.807, 2.05) is 0 Å². The lowest BCUT2D eigenvalue weighted by Crippen LogP contribution is -1.93.